The quantitative estimate of drug-likeness (QED) is 0.643. The number of hydrogen-bond acceptors (Lipinski definition) is 4. The van der Waals surface area contributed by atoms with Crippen molar-refractivity contribution in [1.82, 2.24) is 15.1 Å². The number of carbonyl (C=O) groups excluding carboxylic acids is 1. The van der Waals surface area contributed by atoms with E-state index in [1.54, 1.807) is 10.9 Å². The van der Waals surface area contributed by atoms with E-state index in [0.717, 1.165) is 13.1 Å². The van der Waals surface area contributed by atoms with E-state index in [4.69, 9.17) is 0 Å². The van der Waals surface area contributed by atoms with E-state index in [9.17, 15) is 4.79 Å². The van der Waals surface area contributed by atoms with Crippen LogP contribution < -0.4 is 5.32 Å². The predicted molar refractivity (Wildman–Crippen MR) is 45.5 cm³/mol. The topological polar surface area (TPSA) is 56.1 Å². The summed E-state index contributed by atoms with van der Waals surface area (Å²) in [5.41, 5.74) is 0.509. The fourth-order valence-electron chi connectivity index (χ4n) is 1.22. The first-order chi connectivity index (χ1) is 6.31. The molecule has 0 saturated carbocycles. The normalized spacial score (nSPS) is 16.7. The van der Waals surface area contributed by atoms with Crippen molar-refractivity contribution in [2.24, 2.45) is 0 Å². The Balaban J connectivity index is 2.12. The Bertz CT molecular complexity index is 317. The molecule has 0 atom stereocenters. The highest BCUT2D eigenvalue weighted by Crippen LogP contribution is 2.11. The van der Waals surface area contributed by atoms with Crippen molar-refractivity contribution < 1.29 is 9.53 Å². The molecular weight excluding hydrogens is 170 g/mol. The van der Waals surface area contributed by atoms with Crippen LogP contribution >= 0.6 is 0 Å². The first kappa shape index (κ1) is 8.25. The number of esters is 1. The molecule has 0 amide bonds. The number of nitrogens with one attached hydrogen (secondary N) is 1. The third kappa shape index (κ3) is 1.42. The average molecular weight is 181 g/mol. The average Bonchev–Trinajstić information content (AvgIpc) is 2.49. The number of hydrogen-bond donors (Lipinski definition) is 1. The number of rotatable bonds is 2. The van der Waals surface area contributed by atoms with Gasteiger partial charge in [0.15, 0.2) is 0 Å². The molecule has 1 aliphatic rings. The summed E-state index contributed by atoms with van der Waals surface area (Å²) in [5, 5.41) is 7.22. The van der Waals surface area contributed by atoms with Crippen molar-refractivity contribution in [3.63, 3.8) is 0 Å². The number of aromatic nitrogens is 2. The second-order valence-corrected chi connectivity index (χ2v) is 3.01. The minimum Gasteiger partial charge on any atom is -0.465 e. The van der Waals surface area contributed by atoms with Crippen molar-refractivity contribution >= 4 is 5.97 Å². The molecule has 0 aliphatic carbocycles. The summed E-state index contributed by atoms with van der Waals surface area (Å²) in [6.07, 6.45) is 3.25. The Morgan fingerprint density at radius 3 is 3.08 bits per heavy atom. The zero-order valence-electron chi connectivity index (χ0n) is 7.36. The summed E-state index contributed by atoms with van der Waals surface area (Å²) in [6.45, 7) is 1.84. The summed E-state index contributed by atoms with van der Waals surface area (Å²) in [6, 6.07) is 0.387. The molecule has 0 aromatic carbocycles. The van der Waals surface area contributed by atoms with Gasteiger partial charge in [0.2, 0.25) is 0 Å². The van der Waals surface area contributed by atoms with Crippen LogP contribution in [-0.4, -0.2) is 35.9 Å². The Kier molecular flexibility index (Phi) is 2.02. The van der Waals surface area contributed by atoms with Crippen LogP contribution in [0.5, 0.6) is 0 Å². The fraction of sp³-hybridized carbons (Fsp3) is 0.500. The van der Waals surface area contributed by atoms with Crippen LogP contribution in [0.1, 0.15) is 16.4 Å². The van der Waals surface area contributed by atoms with E-state index < -0.39 is 0 Å². The first-order valence-electron chi connectivity index (χ1n) is 4.14. The van der Waals surface area contributed by atoms with Gasteiger partial charge in [0.05, 0.1) is 24.9 Å². The third-order valence-electron chi connectivity index (χ3n) is 2.16. The lowest BCUT2D eigenvalue weighted by molar-refractivity contribution is 0.0600. The molecule has 5 heteroatoms. The van der Waals surface area contributed by atoms with E-state index in [2.05, 4.69) is 15.2 Å². The molecule has 1 aromatic rings. The van der Waals surface area contributed by atoms with E-state index in [-0.39, 0.29) is 5.97 Å². The largest absolute Gasteiger partial charge is 0.465 e. The molecule has 70 valence electrons. The molecule has 1 N–H and O–H groups in total. The van der Waals surface area contributed by atoms with Crippen LogP contribution in [0.25, 0.3) is 0 Å². The summed E-state index contributed by atoms with van der Waals surface area (Å²) in [5.74, 6) is -0.335. The van der Waals surface area contributed by atoms with Gasteiger partial charge in [-0.3, -0.25) is 4.68 Å². The molecule has 0 radical (unpaired) electrons. The van der Waals surface area contributed by atoms with Gasteiger partial charge in [-0.2, -0.15) is 5.10 Å². The zero-order valence-corrected chi connectivity index (χ0v) is 7.36. The first-order valence-corrected chi connectivity index (χ1v) is 4.14. The molecule has 5 nitrogen and oxygen atoms in total. The maximum absolute atomic E-state index is 11.1. The smallest absolute Gasteiger partial charge is 0.341 e. The highest BCUT2D eigenvalue weighted by atomic mass is 16.5. The lowest BCUT2D eigenvalue weighted by atomic mass is 10.2. The lowest BCUT2D eigenvalue weighted by Gasteiger charge is -2.27. The molecule has 0 spiro atoms. The molecule has 0 bridgehead atoms. The number of methoxy groups -OCH3 is 1. The van der Waals surface area contributed by atoms with E-state index in [1.807, 2.05) is 0 Å². The van der Waals surface area contributed by atoms with Gasteiger partial charge < -0.3 is 10.1 Å². The van der Waals surface area contributed by atoms with Crippen molar-refractivity contribution in [2.75, 3.05) is 20.2 Å². The van der Waals surface area contributed by atoms with E-state index in [0.29, 0.717) is 11.6 Å². The molecule has 2 rings (SSSR count). The molecular formula is C8H11N3O2. The third-order valence-corrected chi connectivity index (χ3v) is 2.16. The standard InChI is InChI=1S/C8H11N3O2/c1-13-8(12)6-2-10-11(5-6)7-3-9-4-7/h2,5,7,9H,3-4H2,1H3. The van der Waals surface area contributed by atoms with Crippen LogP contribution in [0.4, 0.5) is 0 Å². The van der Waals surface area contributed by atoms with Gasteiger partial charge in [-0.1, -0.05) is 0 Å². The monoisotopic (exact) mass is 181 g/mol. The van der Waals surface area contributed by atoms with Gasteiger partial charge in [0, 0.05) is 19.3 Å². The molecule has 1 fully saturated rings. The van der Waals surface area contributed by atoms with Gasteiger partial charge in [0.1, 0.15) is 0 Å². The predicted octanol–water partition coefficient (Wildman–Crippen LogP) is -0.186. The number of nitrogens with zero attached hydrogens (tertiary/aromatic N) is 2. The maximum Gasteiger partial charge on any atom is 0.341 e. The van der Waals surface area contributed by atoms with Crippen molar-refractivity contribution in [2.45, 2.75) is 6.04 Å². The van der Waals surface area contributed by atoms with Gasteiger partial charge in [-0.05, 0) is 0 Å². The second kappa shape index (κ2) is 3.18. The molecule has 2 heterocycles. The van der Waals surface area contributed by atoms with Crippen LogP contribution in [-0.2, 0) is 4.74 Å². The minimum absolute atomic E-state index is 0.335. The Hall–Kier alpha value is -1.36. The maximum atomic E-state index is 11.1. The Morgan fingerprint density at radius 1 is 1.77 bits per heavy atom. The SMILES string of the molecule is COC(=O)c1cnn(C2CNC2)c1. The van der Waals surface area contributed by atoms with Crippen molar-refractivity contribution in [1.29, 1.82) is 0 Å². The summed E-state index contributed by atoms with van der Waals surface area (Å²) in [7, 11) is 1.37. The van der Waals surface area contributed by atoms with Gasteiger partial charge >= 0.3 is 5.97 Å². The van der Waals surface area contributed by atoms with Crippen molar-refractivity contribution in [3.8, 4) is 0 Å². The van der Waals surface area contributed by atoms with Crippen LogP contribution in [0.3, 0.4) is 0 Å². The van der Waals surface area contributed by atoms with Crippen LogP contribution in [0.2, 0.25) is 0 Å². The highest BCUT2D eigenvalue weighted by molar-refractivity contribution is 5.88. The van der Waals surface area contributed by atoms with Crippen molar-refractivity contribution in [3.05, 3.63) is 18.0 Å². The molecule has 0 unspecified atom stereocenters. The lowest BCUT2D eigenvalue weighted by Crippen LogP contribution is -2.43. The van der Waals surface area contributed by atoms with Crippen LogP contribution in [0.15, 0.2) is 12.4 Å². The second-order valence-electron chi connectivity index (χ2n) is 3.01. The number of ether oxygens (including phenoxy) is 1. The Morgan fingerprint density at radius 2 is 2.54 bits per heavy atom. The van der Waals surface area contributed by atoms with Gasteiger partial charge in [0.25, 0.3) is 0 Å². The highest BCUT2D eigenvalue weighted by Gasteiger charge is 2.20. The fourth-order valence-corrected chi connectivity index (χ4v) is 1.22. The van der Waals surface area contributed by atoms with E-state index >= 15 is 0 Å². The van der Waals surface area contributed by atoms with Crippen LogP contribution in [0, 0.1) is 0 Å². The number of carbonyl (C=O) groups is 1. The van der Waals surface area contributed by atoms with E-state index in [1.165, 1.54) is 13.3 Å². The Labute approximate surface area is 75.7 Å². The van der Waals surface area contributed by atoms with Gasteiger partial charge in [-0.15, -0.1) is 0 Å². The molecule has 1 saturated heterocycles. The van der Waals surface area contributed by atoms with Gasteiger partial charge in [-0.25, -0.2) is 4.79 Å². The molecule has 1 aromatic heterocycles. The summed E-state index contributed by atoms with van der Waals surface area (Å²) >= 11 is 0. The summed E-state index contributed by atoms with van der Waals surface area (Å²) in [4.78, 5) is 11.1. The summed E-state index contributed by atoms with van der Waals surface area (Å²) < 4.78 is 6.37. The minimum atomic E-state index is -0.335. The zero-order chi connectivity index (χ0) is 9.26. The molecule has 13 heavy (non-hydrogen) atoms. The molecule has 1 aliphatic heterocycles.